The highest BCUT2D eigenvalue weighted by Gasteiger charge is 2.35. The van der Waals surface area contributed by atoms with Crippen LogP contribution in [0.2, 0.25) is 0 Å². The van der Waals surface area contributed by atoms with Gasteiger partial charge in [-0.1, -0.05) is 30.3 Å². The topological polar surface area (TPSA) is 80.1 Å². The van der Waals surface area contributed by atoms with E-state index in [9.17, 15) is 22.8 Å². The summed E-state index contributed by atoms with van der Waals surface area (Å²) in [5.41, 5.74) is 1.04. The highest BCUT2D eigenvalue weighted by molar-refractivity contribution is 5.97. The molecule has 1 aliphatic rings. The Bertz CT molecular complexity index is 1110. The van der Waals surface area contributed by atoms with Crippen LogP contribution in [-0.2, 0) is 28.9 Å². The molecule has 1 aromatic heterocycles. The molecular formula is C22H20F3N5O2. The van der Waals surface area contributed by atoms with Crippen LogP contribution >= 0.6 is 0 Å². The van der Waals surface area contributed by atoms with Crippen molar-refractivity contribution in [1.29, 1.82) is 0 Å². The van der Waals surface area contributed by atoms with Crippen LogP contribution in [0.4, 0.5) is 18.9 Å². The molecule has 0 aliphatic carbocycles. The highest BCUT2D eigenvalue weighted by Crippen LogP contribution is 2.30. The normalized spacial score (nSPS) is 16.4. The van der Waals surface area contributed by atoms with Crippen molar-refractivity contribution in [2.75, 3.05) is 11.9 Å². The molecule has 0 spiro atoms. The van der Waals surface area contributed by atoms with E-state index in [1.165, 1.54) is 23.4 Å². The molecule has 4 rings (SSSR count). The van der Waals surface area contributed by atoms with Gasteiger partial charge >= 0.3 is 6.18 Å². The van der Waals surface area contributed by atoms with Crippen molar-refractivity contribution >= 4 is 17.5 Å². The number of anilines is 1. The summed E-state index contributed by atoms with van der Waals surface area (Å²) in [6.45, 7) is 0.587. The number of aromatic nitrogens is 3. The number of nitrogens with one attached hydrogen (secondary N) is 1. The van der Waals surface area contributed by atoms with Gasteiger partial charge in [0.1, 0.15) is 12.7 Å². The molecule has 1 aliphatic heterocycles. The number of para-hydroxylation sites is 1. The molecule has 1 atom stereocenters. The van der Waals surface area contributed by atoms with Gasteiger partial charge in [0.15, 0.2) is 0 Å². The van der Waals surface area contributed by atoms with Crippen LogP contribution in [0.25, 0.3) is 0 Å². The molecule has 0 radical (unpaired) electrons. The van der Waals surface area contributed by atoms with Crippen LogP contribution in [0.15, 0.2) is 61.2 Å². The van der Waals surface area contributed by atoms with Crippen LogP contribution in [-0.4, -0.2) is 38.0 Å². The first kappa shape index (κ1) is 21.5. The van der Waals surface area contributed by atoms with E-state index in [0.717, 1.165) is 17.7 Å². The quantitative estimate of drug-likeness (QED) is 0.634. The third-order valence-electron chi connectivity index (χ3n) is 5.29. The van der Waals surface area contributed by atoms with Crippen LogP contribution in [0.5, 0.6) is 0 Å². The van der Waals surface area contributed by atoms with E-state index in [2.05, 4.69) is 15.4 Å². The second kappa shape index (κ2) is 8.81. The minimum absolute atomic E-state index is 0.00996. The lowest BCUT2D eigenvalue weighted by atomic mass is 10.1. The van der Waals surface area contributed by atoms with Gasteiger partial charge in [-0.25, -0.2) is 9.67 Å². The lowest BCUT2D eigenvalue weighted by Crippen LogP contribution is -2.28. The molecule has 1 saturated heterocycles. The maximum absolute atomic E-state index is 12.9. The number of hydrogen-bond acceptors (Lipinski definition) is 4. The monoisotopic (exact) mass is 443 g/mol. The molecule has 1 N–H and O–H groups in total. The largest absolute Gasteiger partial charge is 0.416 e. The second-order valence-electron chi connectivity index (χ2n) is 7.61. The third kappa shape index (κ3) is 4.96. The van der Waals surface area contributed by atoms with Gasteiger partial charge in [0.2, 0.25) is 11.8 Å². The van der Waals surface area contributed by atoms with E-state index in [-0.39, 0.29) is 31.3 Å². The molecule has 3 aromatic rings. The number of amides is 2. The van der Waals surface area contributed by atoms with Gasteiger partial charge in [0.05, 0.1) is 18.0 Å². The van der Waals surface area contributed by atoms with Crippen molar-refractivity contribution in [1.82, 2.24) is 19.7 Å². The minimum Gasteiger partial charge on any atom is -0.338 e. The summed E-state index contributed by atoms with van der Waals surface area (Å²) in [7, 11) is 0. The number of rotatable bonds is 6. The number of alkyl halides is 3. The number of nitrogens with zero attached hydrogens (tertiary/aromatic N) is 4. The van der Waals surface area contributed by atoms with Gasteiger partial charge in [-0.3, -0.25) is 9.59 Å². The first-order valence-electron chi connectivity index (χ1n) is 9.94. The summed E-state index contributed by atoms with van der Waals surface area (Å²) in [6.07, 6.45) is -1.45. The Hall–Kier alpha value is -3.69. The summed E-state index contributed by atoms with van der Waals surface area (Å²) in [5, 5.41) is 6.93. The molecule has 32 heavy (non-hydrogen) atoms. The Morgan fingerprint density at radius 3 is 2.69 bits per heavy atom. The van der Waals surface area contributed by atoms with Crippen LogP contribution in [0, 0.1) is 5.92 Å². The SMILES string of the molecule is O=C(Nc1ccccc1Cn1cncn1)C1CC(=O)N(Cc2cccc(C(F)(F)F)c2)C1. The summed E-state index contributed by atoms with van der Waals surface area (Å²) in [6, 6.07) is 12.1. The van der Waals surface area contributed by atoms with E-state index in [0.29, 0.717) is 17.8 Å². The fraction of sp³-hybridized carbons (Fsp3) is 0.273. The van der Waals surface area contributed by atoms with E-state index in [1.807, 2.05) is 12.1 Å². The molecule has 1 unspecified atom stereocenters. The first-order chi connectivity index (χ1) is 15.3. The van der Waals surface area contributed by atoms with Crippen LogP contribution in [0.1, 0.15) is 23.1 Å². The molecule has 0 saturated carbocycles. The summed E-state index contributed by atoms with van der Waals surface area (Å²) < 4.78 is 40.5. The van der Waals surface area contributed by atoms with E-state index >= 15 is 0 Å². The smallest absolute Gasteiger partial charge is 0.338 e. The van der Waals surface area contributed by atoms with Gasteiger partial charge < -0.3 is 10.2 Å². The third-order valence-corrected chi connectivity index (χ3v) is 5.29. The molecule has 2 aromatic carbocycles. The molecule has 1 fully saturated rings. The Kier molecular flexibility index (Phi) is 5.93. The standard InChI is InChI=1S/C22H20F3N5O2/c23-22(24,25)18-6-3-4-15(8-18)10-29-11-17(9-20(29)31)21(32)28-19-7-2-1-5-16(19)12-30-14-26-13-27-30/h1-8,13-14,17H,9-12H2,(H,28,32). The Morgan fingerprint density at radius 1 is 1.12 bits per heavy atom. The number of carbonyl (C=O) groups is 2. The van der Waals surface area contributed by atoms with Gasteiger partial charge in [0.25, 0.3) is 0 Å². The zero-order chi connectivity index (χ0) is 22.7. The Labute approximate surface area is 181 Å². The molecule has 166 valence electrons. The van der Waals surface area contributed by atoms with Crippen LogP contribution in [0.3, 0.4) is 0 Å². The average Bonchev–Trinajstić information content (AvgIpc) is 3.39. The van der Waals surface area contributed by atoms with E-state index in [4.69, 9.17) is 0 Å². The molecule has 10 heteroatoms. The predicted molar refractivity (Wildman–Crippen MR) is 109 cm³/mol. The fourth-order valence-electron chi connectivity index (χ4n) is 3.67. The number of benzene rings is 2. The molecule has 2 amide bonds. The number of halogens is 3. The Balaban J connectivity index is 1.41. The highest BCUT2D eigenvalue weighted by atomic mass is 19.4. The fourth-order valence-corrected chi connectivity index (χ4v) is 3.67. The maximum Gasteiger partial charge on any atom is 0.416 e. The average molecular weight is 443 g/mol. The second-order valence-corrected chi connectivity index (χ2v) is 7.61. The molecular weight excluding hydrogens is 423 g/mol. The molecule has 7 nitrogen and oxygen atoms in total. The zero-order valence-corrected chi connectivity index (χ0v) is 16.9. The Morgan fingerprint density at radius 2 is 1.94 bits per heavy atom. The number of hydrogen-bond donors (Lipinski definition) is 1. The van der Waals surface area contributed by atoms with Crippen molar-refractivity contribution < 1.29 is 22.8 Å². The van der Waals surface area contributed by atoms with E-state index in [1.54, 1.807) is 23.1 Å². The van der Waals surface area contributed by atoms with Crippen LogP contribution < -0.4 is 5.32 Å². The van der Waals surface area contributed by atoms with Crippen molar-refractivity contribution in [3.05, 3.63) is 77.9 Å². The predicted octanol–water partition coefficient (Wildman–Crippen LogP) is 3.33. The van der Waals surface area contributed by atoms with Gasteiger partial charge in [0, 0.05) is 25.2 Å². The van der Waals surface area contributed by atoms with Crippen molar-refractivity contribution in [2.45, 2.75) is 25.7 Å². The maximum atomic E-state index is 12.9. The molecule has 0 bridgehead atoms. The number of likely N-dealkylation sites (tertiary alicyclic amines) is 1. The first-order valence-corrected chi connectivity index (χ1v) is 9.94. The lowest BCUT2D eigenvalue weighted by molar-refractivity contribution is -0.137. The van der Waals surface area contributed by atoms with E-state index < -0.39 is 17.7 Å². The van der Waals surface area contributed by atoms with Crippen molar-refractivity contribution in [2.24, 2.45) is 5.92 Å². The summed E-state index contributed by atoms with van der Waals surface area (Å²) in [4.78, 5) is 30.6. The van der Waals surface area contributed by atoms with Gasteiger partial charge in [-0.2, -0.15) is 18.3 Å². The molecule has 2 heterocycles. The number of carbonyl (C=O) groups excluding carboxylic acids is 2. The van der Waals surface area contributed by atoms with Gasteiger partial charge in [-0.15, -0.1) is 0 Å². The zero-order valence-electron chi connectivity index (χ0n) is 16.9. The summed E-state index contributed by atoms with van der Waals surface area (Å²) >= 11 is 0. The van der Waals surface area contributed by atoms with Crippen molar-refractivity contribution in [3.63, 3.8) is 0 Å². The minimum atomic E-state index is -4.45. The lowest BCUT2D eigenvalue weighted by Gasteiger charge is -2.18. The summed E-state index contributed by atoms with van der Waals surface area (Å²) in [5.74, 6) is -1.16. The van der Waals surface area contributed by atoms with Gasteiger partial charge in [-0.05, 0) is 29.3 Å². The van der Waals surface area contributed by atoms with Crippen molar-refractivity contribution in [3.8, 4) is 0 Å².